The van der Waals surface area contributed by atoms with E-state index in [4.69, 9.17) is 0 Å². The molecule has 0 aromatic carbocycles. The molecule has 0 saturated heterocycles. The van der Waals surface area contributed by atoms with E-state index >= 15 is 0 Å². The maximum absolute atomic E-state index is 12.0. The van der Waals surface area contributed by atoms with Gasteiger partial charge in [-0.25, -0.2) is 0 Å². The van der Waals surface area contributed by atoms with E-state index < -0.39 is 11.3 Å². The lowest BCUT2D eigenvalue weighted by atomic mass is 9.91. The van der Waals surface area contributed by atoms with Crippen LogP contribution in [-0.4, -0.2) is 33.9 Å². The average Bonchev–Trinajstić information content (AvgIpc) is 3.20. The first kappa shape index (κ1) is 16.2. The molecule has 1 aliphatic carbocycles. The van der Waals surface area contributed by atoms with Crippen molar-refractivity contribution in [1.82, 2.24) is 15.1 Å². The summed E-state index contributed by atoms with van der Waals surface area (Å²) in [5.74, 6) is 0.0258. The molecule has 0 atom stereocenters. The Labute approximate surface area is 129 Å². The largest absolute Gasteiger partial charge is 0.344 e. The summed E-state index contributed by atoms with van der Waals surface area (Å²) in [5.41, 5.74) is -0.323. The van der Waals surface area contributed by atoms with Crippen molar-refractivity contribution in [2.45, 2.75) is 33.6 Å². The van der Waals surface area contributed by atoms with E-state index in [0.717, 1.165) is 12.8 Å². The van der Waals surface area contributed by atoms with Crippen LogP contribution in [0.15, 0.2) is 6.07 Å². The van der Waals surface area contributed by atoms with Gasteiger partial charge in [0, 0.05) is 24.4 Å². The van der Waals surface area contributed by atoms with E-state index in [9.17, 15) is 14.4 Å². The SMILES string of the molecule is Cn1nc(C(=O)NCC(=O)C(C)(C)C)cc1NC(=O)C1CC1. The summed E-state index contributed by atoms with van der Waals surface area (Å²) in [6.45, 7) is 5.36. The zero-order chi connectivity index (χ0) is 16.5. The Morgan fingerprint density at radius 2 is 1.95 bits per heavy atom. The Hall–Kier alpha value is -2.18. The minimum atomic E-state index is -0.499. The molecule has 1 aromatic heterocycles. The van der Waals surface area contributed by atoms with E-state index in [-0.39, 0.29) is 29.8 Å². The summed E-state index contributed by atoms with van der Waals surface area (Å²) in [6.07, 6.45) is 1.82. The Morgan fingerprint density at radius 3 is 2.50 bits per heavy atom. The van der Waals surface area contributed by atoms with E-state index in [1.165, 1.54) is 10.7 Å². The molecule has 2 rings (SSSR count). The van der Waals surface area contributed by atoms with Crippen molar-refractivity contribution in [1.29, 1.82) is 0 Å². The lowest BCUT2D eigenvalue weighted by Crippen LogP contribution is -2.35. The number of hydrogen-bond donors (Lipinski definition) is 2. The highest BCUT2D eigenvalue weighted by molar-refractivity contribution is 5.98. The lowest BCUT2D eigenvalue weighted by Gasteiger charge is -2.16. The second kappa shape index (κ2) is 5.90. The highest BCUT2D eigenvalue weighted by Gasteiger charge is 2.30. The first-order valence-electron chi connectivity index (χ1n) is 7.35. The Balaban J connectivity index is 1.95. The molecule has 2 N–H and O–H groups in total. The van der Waals surface area contributed by atoms with Crippen LogP contribution in [0.2, 0.25) is 0 Å². The fourth-order valence-electron chi connectivity index (χ4n) is 1.79. The molecule has 0 radical (unpaired) electrons. The topological polar surface area (TPSA) is 93.1 Å². The second-order valence-electron chi connectivity index (χ2n) is 6.66. The molecule has 0 unspecified atom stereocenters. The van der Waals surface area contributed by atoms with Crippen LogP contribution in [0.25, 0.3) is 0 Å². The average molecular weight is 306 g/mol. The van der Waals surface area contributed by atoms with E-state index in [2.05, 4.69) is 15.7 Å². The van der Waals surface area contributed by atoms with Gasteiger partial charge in [0.2, 0.25) is 5.91 Å². The minimum Gasteiger partial charge on any atom is -0.344 e. The summed E-state index contributed by atoms with van der Waals surface area (Å²) in [4.78, 5) is 35.6. The summed E-state index contributed by atoms with van der Waals surface area (Å²) < 4.78 is 1.45. The molecule has 7 nitrogen and oxygen atoms in total. The zero-order valence-electron chi connectivity index (χ0n) is 13.4. The molecule has 1 saturated carbocycles. The Kier molecular flexibility index (Phi) is 4.35. The number of ketones is 1. The Morgan fingerprint density at radius 1 is 1.32 bits per heavy atom. The standard InChI is InChI=1S/C15H22N4O3/c1-15(2,3)11(20)8-16-14(22)10-7-12(19(4)18-10)17-13(21)9-5-6-9/h7,9H,5-6,8H2,1-4H3,(H,16,22)(H,17,21). The van der Waals surface area contributed by atoms with Crippen LogP contribution >= 0.6 is 0 Å². The van der Waals surface area contributed by atoms with Gasteiger partial charge >= 0.3 is 0 Å². The maximum Gasteiger partial charge on any atom is 0.272 e. The quantitative estimate of drug-likeness (QED) is 0.852. The maximum atomic E-state index is 12.0. The number of anilines is 1. The van der Waals surface area contributed by atoms with Gasteiger partial charge in [0.05, 0.1) is 6.54 Å². The molecule has 0 bridgehead atoms. The third-order valence-corrected chi connectivity index (χ3v) is 3.56. The van der Waals surface area contributed by atoms with E-state index in [1.54, 1.807) is 27.8 Å². The molecule has 1 aromatic rings. The third kappa shape index (κ3) is 3.93. The predicted octanol–water partition coefficient (Wildman–Crippen LogP) is 1.11. The minimum absolute atomic E-state index is 0.0390. The van der Waals surface area contributed by atoms with Crippen LogP contribution < -0.4 is 10.6 Å². The molecule has 0 aliphatic heterocycles. The van der Waals surface area contributed by atoms with Crippen LogP contribution in [0, 0.1) is 11.3 Å². The van der Waals surface area contributed by atoms with Crippen molar-refractivity contribution in [3.63, 3.8) is 0 Å². The molecule has 120 valence electrons. The number of carbonyl (C=O) groups excluding carboxylic acids is 3. The Bertz CT molecular complexity index is 609. The summed E-state index contributed by atoms with van der Waals surface area (Å²) in [6, 6.07) is 1.51. The highest BCUT2D eigenvalue weighted by Crippen LogP contribution is 2.30. The number of nitrogens with one attached hydrogen (secondary N) is 2. The van der Waals surface area contributed by atoms with E-state index in [1.807, 2.05) is 0 Å². The molecule has 1 heterocycles. The third-order valence-electron chi connectivity index (χ3n) is 3.56. The fraction of sp³-hybridized carbons (Fsp3) is 0.600. The normalized spacial score (nSPS) is 14.5. The second-order valence-corrected chi connectivity index (χ2v) is 6.66. The molecule has 1 aliphatic rings. The summed E-state index contributed by atoms with van der Waals surface area (Å²) >= 11 is 0. The highest BCUT2D eigenvalue weighted by atomic mass is 16.2. The number of Topliss-reactive ketones (excluding diaryl/α,β-unsaturated/α-hetero) is 1. The molecule has 22 heavy (non-hydrogen) atoms. The lowest BCUT2D eigenvalue weighted by molar-refractivity contribution is -0.125. The summed E-state index contributed by atoms with van der Waals surface area (Å²) in [5, 5.41) is 9.37. The monoisotopic (exact) mass is 306 g/mol. The number of carbonyl (C=O) groups is 3. The smallest absolute Gasteiger partial charge is 0.272 e. The van der Waals surface area contributed by atoms with Gasteiger partial charge < -0.3 is 10.6 Å². The van der Waals surface area contributed by atoms with Gasteiger partial charge in [0.25, 0.3) is 5.91 Å². The number of aromatic nitrogens is 2. The van der Waals surface area contributed by atoms with Crippen molar-refractivity contribution in [2.75, 3.05) is 11.9 Å². The van der Waals surface area contributed by atoms with Crippen molar-refractivity contribution in [3.8, 4) is 0 Å². The fourth-order valence-corrected chi connectivity index (χ4v) is 1.79. The molecular formula is C15H22N4O3. The first-order chi connectivity index (χ1) is 10.2. The van der Waals surface area contributed by atoms with Crippen LogP contribution in [0.4, 0.5) is 5.82 Å². The molecule has 2 amide bonds. The number of amides is 2. The first-order valence-corrected chi connectivity index (χ1v) is 7.35. The van der Waals surface area contributed by atoms with E-state index in [0.29, 0.717) is 5.82 Å². The van der Waals surface area contributed by atoms with Crippen molar-refractivity contribution in [3.05, 3.63) is 11.8 Å². The molecular weight excluding hydrogens is 284 g/mol. The van der Waals surface area contributed by atoms with Gasteiger partial charge in [-0.15, -0.1) is 0 Å². The van der Waals surface area contributed by atoms with Crippen LogP contribution in [0.1, 0.15) is 44.1 Å². The van der Waals surface area contributed by atoms with Gasteiger partial charge in [-0.3, -0.25) is 19.1 Å². The van der Waals surface area contributed by atoms with Gasteiger partial charge in [0.15, 0.2) is 11.5 Å². The number of nitrogens with zero attached hydrogens (tertiary/aromatic N) is 2. The summed E-state index contributed by atoms with van der Waals surface area (Å²) in [7, 11) is 1.65. The number of rotatable bonds is 5. The molecule has 0 spiro atoms. The van der Waals surface area contributed by atoms with Gasteiger partial charge in [-0.1, -0.05) is 20.8 Å². The molecule has 1 fully saturated rings. The van der Waals surface area contributed by atoms with Gasteiger partial charge in [-0.2, -0.15) is 5.10 Å². The number of hydrogen-bond acceptors (Lipinski definition) is 4. The van der Waals surface area contributed by atoms with Crippen LogP contribution in [0.3, 0.4) is 0 Å². The van der Waals surface area contributed by atoms with Crippen molar-refractivity contribution < 1.29 is 14.4 Å². The number of aryl methyl sites for hydroxylation is 1. The van der Waals surface area contributed by atoms with Crippen LogP contribution in [0.5, 0.6) is 0 Å². The zero-order valence-corrected chi connectivity index (χ0v) is 13.4. The van der Waals surface area contributed by atoms with Crippen LogP contribution in [-0.2, 0) is 16.6 Å². The van der Waals surface area contributed by atoms with Gasteiger partial charge in [0.1, 0.15) is 5.82 Å². The van der Waals surface area contributed by atoms with Crippen molar-refractivity contribution >= 4 is 23.4 Å². The van der Waals surface area contributed by atoms with Gasteiger partial charge in [-0.05, 0) is 12.8 Å². The molecule has 7 heteroatoms. The predicted molar refractivity (Wildman–Crippen MR) is 81.4 cm³/mol. The van der Waals surface area contributed by atoms with Crippen molar-refractivity contribution in [2.24, 2.45) is 18.4 Å².